The Balaban J connectivity index is 1.87. The molecule has 1 aromatic rings. The first-order valence-electron chi connectivity index (χ1n) is 9.08. The Hall–Kier alpha value is -2.28. The van der Waals surface area contributed by atoms with E-state index in [1.54, 1.807) is 37.3 Å². The number of amides is 2. The summed E-state index contributed by atoms with van der Waals surface area (Å²) >= 11 is 0. The number of benzene rings is 1. The third-order valence-corrected chi connectivity index (χ3v) is 4.48. The van der Waals surface area contributed by atoms with Crippen molar-refractivity contribution in [1.82, 2.24) is 15.1 Å². The number of carbonyl (C=O) groups excluding carboxylic acids is 2. The van der Waals surface area contributed by atoms with Gasteiger partial charge >= 0.3 is 0 Å². The molecule has 7 heteroatoms. The van der Waals surface area contributed by atoms with Crippen molar-refractivity contribution in [3.05, 3.63) is 23.8 Å². The highest BCUT2D eigenvalue weighted by atomic mass is 16.5. The second kappa shape index (κ2) is 10.0. The van der Waals surface area contributed by atoms with Crippen LogP contribution < -0.4 is 14.8 Å². The lowest BCUT2D eigenvalue weighted by molar-refractivity contribution is -0.122. The Morgan fingerprint density at radius 3 is 2.19 bits per heavy atom. The standard InChI is InChI=1S/C19H29N3O4/c1-4-5-6-20-18(23)14-21-7-9-22(10-8-21)19(24)15-11-16(25-2)13-17(12-15)26-3/h11-13H,4-10,14H2,1-3H3,(H,20,23). The maximum Gasteiger partial charge on any atom is 0.254 e. The van der Waals surface area contributed by atoms with Crippen LogP contribution in [0, 0.1) is 0 Å². The first-order chi connectivity index (χ1) is 12.6. The molecule has 0 atom stereocenters. The molecule has 0 aromatic heterocycles. The first kappa shape index (κ1) is 20.0. The predicted molar refractivity (Wildman–Crippen MR) is 99.8 cm³/mol. The Bertz CT molecular complexity index is 591. The van der Waals surface area contributed by atoms with E-state index in [2.05, 4.69) is 17.1 Å². The summed E-state index contributed by atoms with van der Waals surface area (Å²) in [7, 11) is 3.13. The Labute approximate surface area is 155 Å². The van der Waals surface area contributed by atoms with Gasteiger partial charge in [0.15, 0.2) is 0 Å². The van der Waals surface area contributed by atoms with Crippen molar-refractivity contribution in [3.8, 4) is 11.5 Å². The zero-order valence-corrected chi connectivity index (χ0v) is 15.9. The summed E-state index contributed by atoms with van der Waals surface area (Å²) in [6, 6.07) is 5.18. The van der Waals surface area contributed by atoms with E-state index >= 15 is 0 Å². The number of methoxy groups -OCH3 is 2. The number of ether oxygens (including phenoxy) is 2. The van der Waals surface area contributed by atoms with Crippen LogP contribution in [0.2, 0.25) is 0 Å². The summed E-state index contributed by atoms with van der Waals surface area (Å²) in [4.78, 5) is 28.5. The summed E-state index contributed by atoms with van der Waals surface area (Å²) in [6.07, 6.45) is 2.06. The minimum Gasteiger partial charge on any atom is -0.497 e. The SMILES string of the molecule is CCCCNC(=O)CN1CCN(C(=O)c2cc(OC)cc(OC)c2)CC1. The minimum absolute atomic E-state index is 0.0470. The van der Waals surface area contributed by atoms with E-state index in [4.69, 9.17) is 9.47 Å². The number of nitrogens with zero attached hydrogens (tertiary/aromatic N) is 2. The number of hydrogen-bond acceptors (Lipinski definition) is 5. The molecule has 1 aromatic carbocycles. The molecule has 1 fully saturated rings. The van der Waals surface area contributed by atoms with E-state index in [0.29, 0.717) is 49.8 Å². The van der Waals surface area contributed by atoms with E-state index in [1.807, 2.05) is 0 Å². The lowest BCUT2D eigenvalue weighted by atomic mass is 10.1. The van der Waals surface area contributed by atoms with Crippen molar-refractivity contribution in [2.45, 2.75) is 19.8 Å². The van der Waals surface area contributed by atoms with Gasteiger partial charge < -0.3 is 19.7 Å². The number of hydrogen-bond donors (Lipinski definition) is 1. The molecule has 0 aliphatic carbocycles. The highest BCUT2D eigenvalue weighted by Gasteiger charge is 2.24. The van der Waals surface area contributed by atoms with Crippen LogP contribution in [0.4, 0.5) is 0 Å². The van der Waals surface area contributed by atoms with Crippen LogP contribution in [0.5, 0.6) is 11.5 Å². The molecule has 2 amide bonds. The highest BCUT2D eigenvalue weighted by molar-refractivity contribution is 5.95. The topological polar surface area (TPSA) is 71.1 Å². The number of nitrogens with one attached hydrogen (secondary N) is 1. The van der Waals surface area contributed by atoms with Gasteiger partial charge in [-0.2, -0.15) is 0 Å². The van der Waals surface area contributed by atoms with Crippen molar-refractivity contribution in [1.29, 1.82) is 0 Å². The van der Waals surface area contributed by atoms with Gasteiger partial charge in [-0.3, -0.25) is 14.5 Å². The second-order valence-corrected chi connectivity index (χ2v) is 6.37. The van der Waals surface area contributed by atoms with Crippen LogP contribution in [0.3, 0.4) is 0 Å². The fourth-order valence-electron chi connectivity index (χ4n) is 2.89. The number of unbranched alkanes of at least 4 members (excludes halogenated alkanes) is 1. The average molecular weight is 363 g/mol. The van der Waals surface area contributed by atoms with E-state index in [-0.39, 0.29) is 11.8 Å². The van der Waals surface area contributed by atoms with Crippen LogP contribution in [-0.2, 0) is 4.79 Å². The maximum absolute atomic E-state index is 12.8. The quantitative estimate of drug-likeness (QED) is 0.707. The largest absolute Gasteiger partial charge is 0.497 e. The van der Waals surface area contributed by atoms with Crippen LogP contribution in [0.15, 0.2) is 18.2 Å². The molecule has 0 saturated carbocycles. The molecule has 7 nitrogen and oxygen atoms in total. The van der Waals surface area contributed by atoms with Crippen LogP contribution in [-0.4, -0.2) is 75.1 Å². The van der Waals surface area contributed by atoms with E-state index in [9.17, 15) is 9.59 Å². The molecule has 144 valence electrons. The van der Waals surface area contributed by atoms with E-state index < -0.39 is 0 Å². The lowest BCUT2D eigenvalue weighted by Crippen LogP contribution is -2.51. The molecule has 0 spiro atoms. The summed E-state index contributed by atoms with van der Waals surface area (Å²) in [6.45, 7) is 5.79. The molecule has 0 bridgehead atoms. The summed E-state index contributed by atoms with van der Waals surface area (Å²) in [5.74, 6) is 1.19. The van der Waals surface area contributed by atoms with Gasteiger partial charge in [0.05, 0.1) is 20.8 Å². The molecule has 0 unspecified atom stereocenters. The number of piperazine rings is 1. The zero-order valence-electron chi connectivity index (χ0n) is 15.9. The summed E-state index contributed by atoms with van der Waals surface area (Å²) < 4.78 is 10.5. The molecule has 26 heavy (non-hydrogen) atoms. The third kappa shape index (κ3) is 5.62. The van der Waals surface area contributed by atoms with Gasteiger partial charge in [-0.25, -0.2) is 0 Å². The number of carbonyl (C=O) groups is 2. The molecule has 1 N–H and O–H groups in total. The third-order valence-electron chi connectivity index (χ3n) is 4.48. The van der Waals surface area contributed by atoms with Crippen LogP contribution >= 0.6 is 0 Å². The van der Waals surface area contributed by atoms with Gasteiger partial charge in [0.1, 0.15) is 11.5 Å². The molecule has 1 aliphatic rings. The van der Waals surface area contributed by atoms with Crippen molar-refractivity contribution >= 4 is 11.8 Å². The zero-order chi connectivity index (χ0) is 18.9. The smallest absolute Gasteiger partial charge is 0.254 e. The van der Waals surface area contributed by atoms with Gasteiger partial charge in [-0.05, 0) is 18.6 Å². The fourth-order valence-corrected chi connectivity index (χ4v) is 2.89. The Morgan fingerprint density at radius 2 is 1.65 bits per heavy atom. The Morgan fingerprint density at radius 1 is 1.04 bits per heavy atom. The van der Waals surface area contributed by atoms with Gasteiger partial charge in [0.2, 0.25) is 5.91 Å². The van der Waals surface area contributed by atoms with Gasteiger partial charge in [-0.1, -0.05) is 13.3 Å². The van der Waals surface area contributed by atoms with Crippen molar-refractivity contribution in [2.24, 2.45) is 0 Å². The molecular formula is C19H29N3O4. The molecule has 1 heterocycles. The molecule has 2 rings (SSSR count). The molecule has 1 saturated heterocycles. The normalized spacial score (nSPS) is 14.8. The highest BCUT2D eigenvalue weighted by Crippen LogP contribution is 2.23. The van der Waals surface area contributed by atoms with Gasteiger partial charge in [-0.15, -0.1) is 0 Å². The van der Waals surface area contributed by atoms with Crippen molar-refractivity contribution in [2.75, 3.05) is 53.5 Å². The molecule has 0 radical (unpaired) electrons. The predicted octanol–water partition coefficient (Wildman–Crippen LogP) is 1.38. The van der Waals surface area contributed by atoms with Crippen LogP contribution in [0.1, 0.15) is 30.1 Å². The lowest BCUT2D eigenvalue weighted by Gasteiger charge is -2.34. The van der Waals surface area contributed by atoms with Crippen molar-refractivity contribution in [3.63, 3.8) is 0 Å². The summed E-state index contributed by atoms with van der Waals surface area (Å²) in [5.41, 5.74) is 0.548. The van der Waals surface area contributed by atoms with E-state index in [0.717, 1.165) is 19.4 Å². The second-order valence-electron chi connectivity index (χ2n) is 6.37. The average Bonchev–Trinajstić information content (AvgIpc) is 2.67. The molecular weight excluding hydrogens is 334 g/mol. The monoisotopic (exact) mass is 363 g/mol. The number of rotatable bonds is 8. The van der Waals surface area contributed by atoms with Crippen molar-refractivity contribution < 1.29 is 19.1 Å². The first-order valence-corrected chi connectivity index (χ1v) is 9.08. The van der Waals surface area contributed by atoms with Gasteiger partial charge in [0, 0.05) is 44.4 Å². The Kier molecular flexibility index (Phi) is 7.72. The molecule has 1 aliphatic heterocycles. The summed E-state index contributed by atoms with van der Waals surface area (Å²) in [5, 5.41) is 2.93. The maximum atomic E-state index is 12.8. The minimum atomic E-state index is -0.0470. The van der Waals surface area contributed by atoms with Crippen LogP contribution in [0.25, 0.3) is 0 Å². The fraction of sp³-hybridized carbons (Fsp3) is 0.579. The van der Waals surface area contributed by atoms with E-state index in [1.165, 1.54) is 0 Å². The van der Waals surface area contributed by atoms with Gasteiger partial charge in [0.25, 0.3) is 5.91 Å².